The lowest BCUT2D eigenvalue weighted by Crippen LogP contribution is -2.57. The molecule has 1 aromatic carbocycles. The minimum Gasteiger partial charge on any atom is -0.373 e. The van der Waals surface area contributed by atoms with Crippen LogP contribution in [0.25, 0.3) is 16.7 Å². The SMILES string of the molecule is Cc1nc(NCC(C)(C)N2C[C@H](C)O[C@@H](C)C2)c2cnn(-c3ccc(F)cc3)c2n1. The van der Waals surface area contributed by atoms with Crippen molar-refractivity contribution in [2.45, 2.75) is 52.4 Å². The molecule has 1 N–H and O–H groups in total. The minimum absolute atomic E-state index is 0.0789. The Morgan fingerprint density at radius 3 is 2.47 bits per heavy atom. The highest BCUT2D eigenvalue weighted by atomic mass is 19.1. The maximum atomic E-state index is 13.3. The zero-order chi connectivity index (χ0) is 21.5. The highest BCUT2D eigenvalue weighted by molar-refractivity contribution is 5.87. The molecule has 1 aliphatic rings. The Bertz CT molecular complexity index is 1020. The Labute approximate surface area is 176 Å². The van der Waals surface area contributed by atoms with Gasteiger partial charge in [-0.25, -0.2) is 19.0 Å². The van der Waals surface area contributed by atoms with Crippen molar-refractivity contribution < 1.29 is 9.13 Å². The second-order valence-electron chi connectivity index (χ2n) is 8.72. The maximum absolute atomic E-state index is 13.3. The summed E-state index contributed by atoms with van der Waals surface area (Å²) in [7, 11) is 0. The van der Waals surface area contributed by atoms with Gasteiger partial charge in [0.1, 0.15) is 17.5 Å². The lowest BCUT2D eigenvalue weighted by atomic mass is 10.00. The van der Waals surface area contributed by atoms with Gasteiger partial charge >= 0.3 is 0 Å². The third-order valence-corrected chi connectivity index (χ3v) is 5.58. The van der Waals surface area contributed by atoms with Gasteiger partial charge in [0.05, 0.1) is 29.5 Å². The lowest BCUT2D eigenvalue weighted by molar-refractivity contribution is -0.0933. The van der Waals surface area contributed by atoms with E-state index in [4.69, 9.17) is 4.74 Å². The number of hydrogen-bond acceptors (Lipinski definition) is 6. The van der Waals surface area contributed by atoms with E-state index in [-0.39, 0.29) is 23.6 Å². The summed E-state index contributed by atoms with van der Waals surface area (Å²) in [5, 5.41) is 8.84. The highest BCUT2D eigenvalue weighted by Gasteiger charge is 2.33. The van der Waals surface area contributed by atoms with Crippen LogP contribution in [0.4, 0.5) is 10.2 Å². The van der Waals surface area contributed by atoms with E-state index in [9.17, 15) is 4.39 Å². The summed E-state index contributed by atoms with van der Waals surface area (Å²) in [5.74, 6) is 1.13. The standard InChI is InChI=1S/C22H29FN6O/c1-14-11-28(12-15(2)30-14)22(4,5)13-24-20-19-10-25-29(21(19)27-16(3)26-20)18-8-6-17(23)7-9-18/h6-10,14-15H,11-13H2,1-5H3,(H,24,26,27)/t14-,15-/m0/s1. The van der Waals surface area contributed by atoms with Crippen molar-refractivity contribution in [3.63, 3.8) is 0 Å². The molecule has 1 fully saturated rings. The maximum Gasteiger partial charge on any atom is 0.168 e. The van der Waals surface area contributed by atoms with Crippen LogP contribution in [0.1, 0.15) is 33.5 Å². The number of benzene rings is 1. The molecule has 3 heterocycles. The van der Waals surface area contributed by atoms with Crippen molar-refractivity contribution in [2.75, 3.05) is 25.0 Å². The molecule has 2 aromatic heterocycles. The predicted molar refractivity (Wildman–Crippen MR) is 116 cm³/mol. The van der Waals surface area contributed by atoms with Crippen LogP contribution in [0.5, 0.6) is 0 Å². The molecule has 7 nitrogen and oxygen atoms in total. The Hall–Kier alpha value is -2.58. The van der Waals surface area contributed by atoms with Gasteiger partial charge in [0.2, 0.25) is 0 Å². The molecule has 0 bridgehead atoms. The number of halogens is 1. The van der Waals surface area contributed by atoms with Crippen LogP contribution < -0.4 is 5.32 Å². The van der Waals surface area contributed by atoms with E-state index in [1.54, 1.807) is 23.0 Å². The van der Waals surface area contributed by atoms with Gasteiger partial charge in [-0.15, -0.1) is 0 Å². The average Bonchev–Trinajstić information content (AvgIpc) is 3.10. The van der Waals surface area contributed by atoms with Crippen LogP contribution in [0.2, 0.25) is 0 Å². The zero-order valence-electron chi connectivity index (χ0n) is 18.2. The van der Waals surface area contributed by atoms with E-state index in [1.807, 2.05) is 6.92 Å². The molecular weight excluding hydrogens is 383 g/mol. The van der Waals surface area contributed by atoms with Crippen LogP contribution in [0.15, 0.2) is 30.5 Å². The van der Waals surface area contributed by atoms with Crippen LogP contribution in [-0.2, 0) is 4.74 Å². The van der Waals surface area contributed by atoms with E-state index in [1.165, 1.54) is 12.1 Å². The molecule has 1 aliphatic heterocycles. The number of fused-ring (bicyclic) bond motifs is 1. The summed E-state index contributed by atoms with van der Waals surface area (Å²) in [6.07, 6.45) is 2.19. The zero-order valence-corrected chi connectivity index (χ0v) is 18.2. The van der Waals surface area contributed by atoms with E-state index in [2.05, 4.69) is 53.0 Å². The smallest absolute Gasteiger partial charge is 0.168 e. The van der Waals surface area contributed by atoms with Crippen molar-refractivity contribution >= 4 is 16.9 Å². The minimum atomic E-state index is -0.280. The van der Waals surface area contributed by atoms with Gasteiger partial charge in [0.15, 0.2) is 5.65 Å². The van der Waals surface area contributed by atoms with Gasteiger partial charge in [-0.05, 0) is 58.9 Å². The molecule has 3 aromatic rings. The summed E-state index contributed by atoms with van der Waals surface area (Å²) < 4.78 is 20.9. The molecule has 160 valence electrons. The Morgan fingerprint density at radius 1 is 1.13 bits per heavy atom. The molecule has 8 heteroatoms. The topological polar surface area (TPSA) is 68.1 Å². The molecule has 1 saturated heterocycles. The van der Waals surface area contributed by atoms with Crippen LogP contribution >= 0.6 is 0 Å². The number of hydrogen-bond donors (Lipinski definition) is 1. The van der Waals surface area contributed by atoms with Crippen LogP contribution in [0.3, 0.4) is 0 Å². The van der Waals surface area contributed by atoms with Gasteiger partial charge in [-0.1, -0.05) is 0 Å². The summed E-state index contributed by atoms with van der Waals surface area (Å²) in [5.41, 5.74) is 1.37. The second kappa shape index (κ2) is 7.92. The molecule has 2 atom stereocenters. The first kappa shape index (κ1) is 20.7. The average molecular weight is 413 g/mol. The first-order valence-corrected chi connectivity index (χ1v) is 10.4. The fourth-order valence-corrected chi connectivity index (χ4v) is 4.01. The van der Waals surface area contributed by atoms with E-state index in [0.717, 1.165) is 36.5 Å². The Balaban J connectivity index is 1.59. The first-order valence-electron chi connectivity index (χ1n) is 10.4. The molecule has 4 rings (SSSR count). The van der Waals surface area contributed by atoms with Gasteiger partial charge in [0.25, 0.3) is 0 Å². The first-order chi connectivity index (χ1) is 14.2. The van der Waals surface area contributed by atoms with Crippen LogP contribution in [-0.4, -0.2) is 62.0 Å². The number of nitrogens with one attached hydrogen (secondary N) is 1. The molecule has 0 unspecified atom stereocenters. The summed E-state index contributed by atoms with van der Waals surface area (Å²) >= 11 is 0. The van der Waals surface area contributed by atoms with Gasteiger partial charge < -0.3 is 10.1 Å². The number of rotatable bonds is 5. The number of anilines is 1. The molecule has 0 aliphatic carbocycles. The molecule has 0 amide bonds. The monoisotopic (exact) mass is 412 g/mol. The predicted octanol–water partition coefficient (Wildman–Crippen LogP) is 3.56. The molecule has 0 spiro atoms. The van der Waals surface area contributed by atoms with Crippen LogP contribution in [0, 0.1) is 12.7 Å². The normalized spacial score (nSPS) is 20.6. The quantitative estimate of drug-likeness (QED) is 0.691. The Morgan fingerprint density at radius 2 is 1.80 bits per heavy atom. The van der Waals surface area contributed by atoms with Crippen molar-refractivity contribution in [3.05, 3.63) is 42.1 Å². The number of ether oxygens (including phenoxy) is 1. The second-order valence-corrected chi connectivity index (χ2v) is 8.72. The number of nitrogens with zero attached hydrogens (tertiary/aromatic N) is 5. The fraction of sp³-hybridized carbons (Fsp3) is 0.500. The lowest BCUT2D eigenvalue weighted by Gasteiger charge is -2.45. The fourth-order valence-electron chi connectivity index (χ4n) is 4.01. The molecule has 0 saturated carbocycles. The van der Waals surface area contributed by atoms with Crippen molar-refractivity contribution in [1.82, 2.24) is 24.6 Å². The third kappa shape index (κ3) is 4.15. The highest BCUT2D eigenvalue weighted by Crippen LogP contribution is 2.26. The summed E-state index contributed by atoms with van der Waals surface area (Å²) in [6, 6.07) is 6.22. The summed E-state index contributed by atoms with van der Waals surface area (Å²) in [6.45, 7) is 13.1. The third-order valence-electron chi connectivity index (χ3n) is 5.58. The van der Waals surface area contributed by atoms with Gasteiger partial charge in [-0.3, -0.25) is 4.90 Å². The van der Waals surface area contributed by atoms with E-state index >= 15 is 0 Å². The number of aryl methyl sites for hydroxylation is 1. The van der Waals surface area contributed by atoms with Crippen molar-refractivity contribution in [1.29, 1.82) is 0 Å². The molecule has 30 heavy (non-hydrogen) atoms. The number of aromatic nitrogens is 4. The van der Waals surface area contributed by atoms with Gasteiger partial charge in [0, 0.05) is 25.2 Å². The molecule has 0 radical (unpaired) electrons. The largest absolute Gasteiger partial charge is 0.373 e. The Kier molecular flexibility index (Phi) is 5.46. The van der Waals surface area contributed by atoms with Crippen molar-refractivity contribution in [3.8, 4) is 5.69 Å². The van der Waals surface area contributed by atoms with Crippen molar-refractivity contribution in [2.24, 2.45) is 0 Å². The van der Waals surface area contributed by atoms with E-state index in [0.29, 0.717) is 11.5 Å². The number of morpholine rings is 1. The van der Waals surface area contributed by atoms with Gasteiger partial charge in [-0.2, -0.15) is 5.10 Å². The molecular formula is C22H29FN6O. The van der Waals surface area contributed by atoms with E-state index < -0.39 is 0 Å². The summed E-state index contributed by atoms with van der Waals surface area (Å²) in [4.78, 5) is 11.7.